The number of hydrogen-bond acceptors (Lipinski definition) is 8. The molecule has 0 spiro atoms. The standard InChI is InChI=1S/H6O4Si2.3H4OSi.H3OSi.4H2O/c1-5-4-6(2)3;4*1-2;;;;/h1-3,6H,5H2;3*1H,2H3;2H3;4*1H2/q;;;;-1;;;;. The van der Waals surface area contributed by atoms with E-state index >= 15 is 0 Å². The van der Waals surface area contributed by atoms with E-state index < -0.39 is 19.5 Å². The molecule has 0 rings (SSSR count). The average Bonchev–Trinajstić information content (AvgIpc) is 2.29. The molecule has 0 aliphatic carbocycles. The van der Waals surface area contributed by atoms with Gasteiger partial charge < -0.3 is 59.6 Å². The molecule has 0 saturated heterocycles. The Balaban J connectivity index is -0.00000000857. The lowest BCUT2D eigenvalue weighted by molar-refractivity contribution is -0.169. The lowest BCUT2D eigenvalue weighted by atomic mass is 15.7. The molecule has 0 atom stereocenters. The maximum Gasteiger partial charge on any atom is 0.469 e. The van der Waals surface area contributed by atoms with Gasteiger partial charge in [0.15, 0.2) is 0 Å². The first-order valence-electron chi connectivity index (χ1n) is 3.11. The monoisotopic (exact) mass is 389 g/mol. The van der Waals surface area contributed by atoms with Gasteiger partial charge >= 0.3 is 9.53 Å². The van der Waals surface area contributed by atoms with E-state index in [0.717, 1.165) is 0 Å². The highest BCUT2D eigenvalue weighted by Crippen LogP contribution is 1.63. The second kappa shape index (κ2) is 149. The summed E-state index contributed by atoms with van der Waals surface area (Å²) in [5.41, 5.74) is 0. The van der Waals surface area contributed by atoms with Crippen LogP contribution in [0.15, 0.2) is 0 Å². The molecule has 0 fully saturated rings. The van der Waals surface area contributed by atoms with Gasteiger partial charge in [0.2, 0.25) is 0 Å². The molecule has 0 bridgehead atoms. The summed E-state index contributed by atoms with van der Waals surface area (Å²) in [5.74, 6) is 0. The normalized spacial score (nSPS) is 6.00. The Hall–Kier alpha value is 0.821. The van der Waals surface area contributed by atoms with Gasteiger partial charge in [-0.3, -0.25) is 0 Å². The third-order valence-corrected chi connectivity index (χ3v) is 2.01. The first kappa shape index (κ1) is 62.0. The van der Waals surface area contributed by atoms with Crippen molar-refractivity contribution in [2.24, 2.45) is 0 Å². The highest BCUT2D eigenvalue weighted by atomic mass is 28.4. The Bertz CT molecular complexity index is 37.7. The zero-order chi connectivity index (χ0) is 13.0. The third-order valence-electron chi connectivity index (χ3n) is 0.224. The Morgan fingerprint density at radius 3 is 0.944 bits per heavy atom. The first-order chi connectivity index (χ1) is 6.77. The molecule has 0 amide bonds. The Kier molecular flexibility index (Phi) is 512. The summed E-state index contributed by atoms with van der Waals surface area (Å²) in [6.07, 6.45) is 0. The van der Waals surface area contributed by atoms with Crippen molar-refractivity contribution in [1.29, 1.82) is 0 Å². The molecule has 0 saturated carbocycles. The van der Waals surface area contributed by atoms with E-state index in [1.54, 1.807) is 0 Å². The van der Waals surface area contributed by atoms with Gasteiger partial charge in [-0.1, -0.05) is 10.5 Å². The van der Waals surface area contributed by atoms with Gasteiger partial charge in [0.1, 0.15) is 31.5 Å². The van der Waals surface area contributed by atoms with Crippen molar-refractivity contribution in [1.82, 2.24) is 0 Å². The summed E-state index contributed by atoms with van der Waals surface area (Å²) in [6.45, 7) is 0. The van der Waals surface area contributed by atoms with Gasteiger partial charge in [0.25, 0.3) is 10.0 Å². The molecule has 0 aromatic rings. The second-order valence-electron chi connectivity index (χ2n) is 0.622. The van der Waals surface area contributed by atoms with Crippen LogP contribution >= 0.6 is 0 Å². The predicted molar refractivity (Wildman–Crippen MR) is 84.3 cm³/mol. The number of hydrogen-bond donors (Lipinski definition) is 6. The van der Waals surface area contributed by atoms with Crippen LogP contribution in [0.2, 0.25) is 0 Å². The van der Waals surface area contributed by atoms with Crippen LogP contribution in [0.1, 0.15) is 0 Å². The van der Waals surface area contributed by atoms with Gasteiger partial charge in [-0.05, 0) is 0 Å². The number of rotatable bonds is 2. The summed E-state index contributed by atoms with van der Waals surface area (Å²) in [6, 6.07) is 0. The Labute approximate surface area is 121 Å². The van der Waals surface area contributed by atoms with Gasteiger partial charge in [-0.15, -0.1) is 0 Å². The smallest absolute Gasteiger partial charge is 0.469 e. The zero-order valence-corrected chi connectivity index (χ0v) is 21.4. The van der Waals surface area contributed by atoms with E-state index in [0.29, 0.717) is 31.5 Å². The van der Waals surface area contributed by atoms with Crippen LogP contribution in [0, 0.1) is 0 Å². The molecule has 18 heteroatoms. The minimum Gasteiger partial charge on any atom is -0.865 e. The van der Waals surface area contributed by atoms with Crippen molar-refractivity contribution in [2.45, 2.75) is 0 Å². The molecule has 0 aliphatic rings. The fourth-order valence-corrected chi connectivity index (χ4v) is 0.600. The summed E-state index contributed by atoms with van der Waals surface area (Å²) in [5, 5.41) is 0. The summed E-state index contributed by atoms with van der Waals surface area (Å²) in [7, 11) is -3.46. The van der Waals surface area contributed by atoms with Gasteiger partial charge in [0, 0.05) is 0 Å². The second-order valence-corrected chi connectivity index (χ2v) is 2.87. The largest absolute Gasteiger partial charge is 0.865 e. The zero-order valence-electron chi connectivity index (χ0n) is 10.8. The SMILES string of the molecule is O.O.O.O.O[SiH2]O[SiH](O)O.O[SiH3].O[SiH3].O[SiH3].[O-][SiH3]. The van der Waals surface area contributed by atoms with E-state index in [9.17, 15) is 0 Å². The van der Waals surface area contributed by atoms with E-state index in [4.69, 9.17) is 33.6 Å². The van der Waals surface area contributed by atoms with Crippen molar-refractivity contribution in [3.05, 3.63) is 0 Å². The molecule has 0 aliphatic heterocycles. The van der Waals surface area contributed by atoms with Crippen LogP contribution in [-0.2, 0) is 4.12 Å². The van der Waals surface area contributed by atoms with E-state index in [2.05, 4.69) is 4.12 Å². The van der Waals surface area contributed by atoms with E-state index in [-0.39, 0.29) is 32.4 Å². The molecule has 0 aromatic carbocycles. The van der Waals surface area contributed by atoms with Crippen LogP contribution in [0.25, 0.3) is 0 Å². The van der Waals surface area contributed by atoms with Crippen LogP contribution < -0.4 is 4.80 Å². The molecular formula is H29O12Si6-. The fourth-order valence-electron chi connectivity index (χ4n) is 0.0667. The molecule has 18 heavy (non-hydrogen) atoms. The maximum absolute atomic E-state index is 8.39. The molecular weight excluding hydrogens is 361 g/mol. The maximum atomic E-state index is 8.39. The minimum atomic E-state index is -2.86. The van der Waals surface area contributed by atoms with Crippen LogP contribution in [0.4, 0.5) is 0 Å². The third kappa shape index (κ3) is 288. The molecule has 126 valence electrons. The highest BCUT2D eigenvalue weighted by Gasteiger charge is 1.96. The van der Waals surface area contributed by atoms with Crippen molar-refractivity contribution in [3.63, 3.8) is 0 Å². The van der Waals surface area contributed by atoms with E-state index in [1.165, 1.54) is 0 Å². The first-order valence-corrected chi connectivity index (χ1v) is 9.32. The summed E-state index contributed by atoms with van der Waals surface area (Å²) >= 11 is 0. The molecule has 0 radical (unpaired) electrons. The van der Waals surface area contributed by atoms with Crippen LogP contribution in [-0.4, -0.2) is 112 Å². The molecule has 14 N–H and O–H groups in total. The van der Waals surface area contributed by atoms with Crippen molar-refractivity contribution in [2.75, 3.05) is 0 Å². The van der Waals surface area contributed by atoms with Gasteiger partial charge in [-0.2, -0.15) is 0 Å². The lowest BCUT2D eigenvalue weighted by Crippen LogP contribution is -2.18. The molecule has 0 unspecified atom stereocenters. The van der Waals surface area contributed by atoms with Crippen LogP contribution in [0.3, 0.4) is 0 Å². The highest BCUT2D eigenvalue weighted by molar-refractivity contribution is 6.42. The van der Waals surface area contributed by atoms with E-state index in [1.807, 2.05) is 0 Å². The van der Waals surface area contributed by atoms with Crippen molar-refractivity contribution < 1.29 is 59.6 Å². The molecule has 12 nitrogen and oxygen atoms in total. The molecule has 0 heterocycles. The average molecular weight is 390 g/mol. The van der Waals surface area contributed by atoms with Gasteiger partial charge in [-0.25, -0.2) is 0 Å². The van der Waals surface area contributed by atoms with Crippen LogP contribution in [0.5, 0.6) is 0 Å². The minimum absolute atomic E-state index is 0. The predicted octanol–water partition coefficient (Wildman–Crippen LogP) is -14.2. The lowest BCUT2D eigenvalue weighted by Gasteiger charge is -1.94. The molecule has 0 aromatic heterocycles. The van der Waals surface area contributed by atoms with Crippen molar-refractivity contribution in [3.8, 4) is 0 Å². The Morgan fingerprint density at radius 2 is 0.944 bits per heavy atom. The fraction of sp³-hybridized carbons (Fsp3) is 0. The topological polar surface area (TPSA) is 280 Å². The van der Waals surface area contributed by atoms with Crippen molar-refractivity contribution >= 4 is 61.5 Å². The quantitative estimate of drug-likeness (QED) is 0.246. The van der Waals surface area contributed by atoms with Gasteiger partial charge in [0.05, 0.1) is 0 Å². The summed E-state index contributed by atoms with van der Waals surface area (Å²) < 4.78 is 3.99. The summed E-state index contributed by atoms with van der Waals surface area (Å²) in [4.78, 5) is 53.5. The Morgan fingerprint density at radius 1 is 0.778 bits per heavy atom.